The van der Waals surface area contributed by atoms with Crippen LogP contribution in [0.15, 0.2) is 11.6 Å². The number of halogens is 1. The van der Waals surface area contributed by atoms with Crippen LogP contribution in [0.2, 0.25) is 0 Å². The summed E-state index contributed by atoms with van der Waals surface area (Å²) in [6.07, 6.45) is 10.1. The lowest BCUT2D eigenvalue weighted by Gasteiger charge is -2.58. The van der Waals surface area contributed by atoms with Crippen LogP contribution in [0, 0.1) is 40.4 Å². The lowest BCUT2D eigenvalue weighted by Crippen LogP contribution is -2.55. The Kier molecular flexibility index (Phi) is 9.21. The highest BCUT2D eigenvalue weighted by Gasteiger charge is 2.63. The summed E-state index contributed by atoms with van der Waals surface area (Å²) >= 11 is 0. The van der Waals surface area contributed by atoms with Gasteiger partial charge in [0.15, 0.2) is 0 Å². The first-order chi connectivity index (χ1) is 16.3. The van der Waals surface area contributed by atoms with E-state index in [0.29, 0.717) is 36.5 Å². The van der Waals surface area contributed by atoms with Gasteiger partial charge in [0.1, 0.15) is 6.10 Å². The maximum Gasteiger partial charge on any atom is 0.236 e. The lowest BCUT2D eigenvalue weighted by atomic mass is 9.47. The van der Waals surface area contributed by atoms with Crippen molar-refractivity contribution in [3.8, 4) is 0 Å². The monoisotopic (exact) mass is 496 g/mol. The van der Waals surface area contributed by atoms with Crippen LogP contribution in [0.5, 0.6) is 0 Å². The summed E-state index contributed by atoms with van der Waals surface area (Å²) in [4.78, 5) is 0. The number of hydrogen-bond acceptors (Lipinski definition) is 4. The molecule has 0 bridgehead atoms. The van der Waals surface area contributed by atoms with E-state index in [4.69, 9.17) is 5.11 Å². The van der Waals surface area contributed by atoms with Gasteiger partial charge in [-0.2, -0.15) is 0 Å². The van der Waals surface area contributed by atoms with Gasteiger partial charge < -0.3 is 20.4 Å². The molecule has 0 saturated heterocycles. The van der Waals surface area contributed by atoms with Crippen molar-refractivity contribution in [3.63, 3.8) is 0 Å². The molecule has 0 aromatic carbocycles. The molecule has 4 rings (SSSR count). The topological polar surface area (TPSA) is 80.9 Å². The van der Waals surface area contributed by atoms with E-state index in [0.717, 1.165) is 57.8 Å². The summed E-state index contributed by atoms with van der Waals surface area (Å²) < 4.78 is 15.7. The number of aliphatic hydroxyl groups is 4. The highest BCUT2D eigenvalue weighted by molar-refractivity contribution is 5.25. The van der Waals surface area contributed by atoms with Gasteiger partial charge in [-0.25, -0.2) is 4.39 Å². The molecule has 0 radical (unpaired) electrons. The van der Waals surface area contributed by atoms with Crippen LogP contribution in [0.4, 0.5) is 4.39 Å². The van der Waals surface area contributed by atoms with Crippen LogP contribution < -0.4 is 0 Å². The van der Waals surface area contributed by atoms with Crippen LogP contribution in [-0.2, 0) is 0 Å². The van der Waals surface area contributed by atoms with E-state index >= 15 is 4.39 Å². The van der Waals surface area contributed by atoms with Crippen molar-refractivity contribution < 1.29 is 24.8 Å². The highest BCUT2D eigenvalue weighted by Crippen LogP contribution is 2.67. The van der Waals surface area contributed by atoms with Gasteiger partial charge in [0, 0.05) is 5.92 Å². The molecule has 0 amide bonds. The Morgan fingerprint density at radius 3 is 2.29 bits per heavy atom. The molecular formula is C30H53FO4. The normalized spacial score (nSPS) is 41.9. The lowest BCUT2D eigenvalue weighted by molar-refractivity contribution is -0.235. The zero-order valence-electron chi connectivity index (χ0n) is 23.1. The van der Waals surface area contributed by atoms with Crippen molar-refractivity contribution in [1.82, 2.24) is 0 Å². The molecule has 4 nitrogen and oxygen atoms in total. The maximum atomic E-state index is 15.7. The van der Waals surface area contributed by atoms with Gasteiger partial charge in [-0.15, -0.1) is 0 Å². The third-order valence-corrected chi connectivity index (χ3v) is 10.6. The smallest absolute Gasteiger partial charge is 0.236 e. The van der Waals surface area contributed by atoms with Gasteiger partial charge in [-0.05, 0) is 112 Å². The van der Waals surface area contributed by atoms with Gasteiger partial charge >= 0.3 is 0 Å². The molecule has 10 atom stereocenters. The molecule has 0 aromatic rings. The van der Waals surface area contributed by atoms with Crippen molar-refractivity contribution >= 4 is 0 Å². The van der Waals surface area contributed by atoms with Gasteiger partial charge in [-0.3, -0.25) is 0 Å². The van der Waals surface area contributed by atoms with Crippen molar-refractivity contribution in [1.29, 1.82) is 0 Å². The highest BCUT2D eigenvalue weighted by atomic mass is 19.2. The van der Waals surface area contributed by atoms with Gasteiger partial charge in [0.2, 0.25) is 5.85 Å². The second-order valence-corrected chi connectivity index (χ2v) is 13.3. The second kappa shape index (κ2) is 11.1. The summed E-state index contributed by atoms with van der Waals surface area (Å²) in [5, 5.41) is 40.0. The van der Waals surface area contributed by atoms with E-state index in [1.807, 2.05) is 6.92 Å². The fourth-order valence-electron chi connectivity index (χ4n) is 8.23. The largest absolute Gasteiger partial charge is 0.393 e. The molecule has 3 fully saturated rings. The van der Waals surface area contributed by atoms with E-state index in [1.54, 1.807) is 6.92 Å². The van der Waals surface area contributed by atoms with E-state index in [9.17, 15) is 15.3 Å². The third kappa shape index (κ3) is 5.68. The summed E-state index contributed by atoms with van der Waals surface area (Å²) in [6.45, 7) is 12.4. The van der Waals surface area contributed by atoms with Crippen LogP contribution >= 0.6 is 0 Å². The summed E-state index contributed by atoms with van der Waals surface area (Å²) in [5.74, 6) is -1.07. The van der Waals surface area contributed by atoms with Crippen LogP contribution in [0.1, 0.15) is 112 Å². The van der Waals surface area contributed by atoms with E-state index < -0.39 is 17.9 Å². The summed E-state index contributed by atoms with van der Waals surface area (Å²) in [6, 6.07) is 0. The fraction of sp³-hybridized carbons (Fsp3) is 0.933. The van der Waals surface area contributed by atoms with Gasteiger partial charge in [0.05, 0.1) is 12.2 Å². The maximum absolute atomic E-state index is 15.7. The molecule has 0 aromatic heterocycles. The van der Waals surface area contributed by atoms with Crippen molar-refractivity contribution in [3.05, 3.63) is 11.6 Å². The molecule has 3 saturated carbocycles. The van der Waals surface area contributed by atoms with Crippen LogP contribution in [0.3, 0.4) is 0 Å². The number of aliphatic hydroxyl groups excluding tert-OH is 3. The average Bonchev–Trinajstić information content (AvgIpc) is 3.16. The van der Waals surface area contributed by atoms with Crippen LogP contribution in [-0.4, -0.2) is 44.6 Å². The number of allylic oxidation sites excluding steroid dienone is 1. The minimum absolute atomic E-state index is 0.116. The molecule has 0 aliphatic heterocycles. The Balaban J connectivity index is 0.000000623. The SMILES string of the molecule is CC(C)CCC(O)C(O)(F)C1CCC2C3CC=C4CC(O)CCC4(C)C3CCC21C.CCC(C)O. The quantitative estimate of drug-likeness (QED) is 0.332. The Labute approximate surface area is 213 Å². The molecular weight excluding hydrogens is 443 g/mol. The third-order valence-electron chi connectivity index (χ3n) is 10.6. The van der Waals surface area contributed by atoms with Crippen molar-refractivity contribution in [2.75, 3.05) is 0 Å². The van der Waals surface area contributed by atoms with Crippen molar-refractivity contribution in [2.24, 2.45) is 40.4 Å². The van der Waals surface area contributed by atoms with Gasteiger partial charge in [-0.1, -0.05) is 46.3 Å². The number of rotatable bonds is 6. The zero-order valence-corrected chi connectivity index (χ0v) is 23.1. The Morgan fingerprint density at radius 1 is 1.03 bits per heavy atom. The molecule has 5 heteroatoms. The molecule has 4 N–H and O–H groups in total. The fourth-order valence-corrected chi connectivity index (χ4v) is 8.23. The first-order valence-electron chi connectivity index (χ1n) is 14.4. The Morgan fingerprint density at radius 2 is 1.69 bits per heavy atom. The number of hydrogen-bond donors (Lipinski definition) is 4. The molecule has 4 aliphatic rings. The standard InChI is InChI=1S/C26H43FO3.C4H10O/c1-16(2)5-10-23(29)26(27,30)22-9-8-20-19-7-6-17-15-18(28)11-13-24(17,3)21(19)12-14-25(20,22)4;1-3-4(2)5/h6,16,18-23,28-30H,5,7-15H2,1-4H3;4-5H,3H2,1-2H3. The van der Waals surface area contributed by atoms with E-state index in [2.05, 4.69) is 33.8 Å². The van der Waals surface area contributed by atoms with Crippen molar-refractivity contribution in [2.45, 2.75) is 136 Å². The van der Waals surface area contributed by atoms with Crippen LogP contribution in [0.25, 0.3) is 0 Å². The summed E-state index contributed by atoms with van der Waals surface area (Å²) in [7, 11) is 0. The molecule has 10 unspecified atom stereocenters. The molecule has 35 heavy (non-hydrogen) atoms. The Hall–Kier alpha value is -0.490. The number of fused-ring (bicyclic) bond motifs is 5. The zero-order chi connectivity index (χ0) is 26.2. The van der Waals surface area contributed by atoms with E-state index in [-0.39, 0.29) is 23.0 Å². The summed E-state index contributed by atoms with van der Waals surface area (Å²) in [5.41, 5.74) is 1.37. The second-order valence-electron chi connectivity index (χ2n) is 13.3. The molecule has 0 spiro atoms. The van der Waals surface area contributed by atoms with Gasteiger partial charge in [0.25, 0.3) is 0 Å². The predicted molar refractivity (Wildman–Crippen MR) is 139 cm³/mol. The Bertz CT molecular complexity index is 734. The average molecular weight is 497 g/mol. The first kappa shape index (κ1) is 29.1. The number of alkyl halides is 1. The molecule has 204 valence electrons. The van der Waals surface area contributed by atoms with E-state index in [1.165, 1.54) is 5.57 Å². The first-order valence-corrected chi connectivity index (χ1v) is 14.4. The molecule has 4 aliphatic carbocycles. The molecule has 0 heterocycles. The predicted octanol–water partition coefficient (Wildman–Crippen LogP) is 6.16. The minimum Gasteiger partial charge on any atom is -0.393 e. The minimum atomic E-state index is -2.50.